The first-order chi connectivity index (χ1) is 14.7. The van der Waals surface area contributed by atoms with E-state index in [4.69, 9.17) is 20.4 Å². The summed E-state index contributed by atoms with van der Waals surface area (Å²) in [6.45, 7) is 3.21. The predicted octanol–water partition coefficient (Wildman–Crippen LogP) is 3.35. The molecule has 160 valence electrons. The number of fused-ring (bicyclic) bond motifs is 2. The number of para-hydroxylation sites is 1. The molecule has 0 fully saturated rings. The highest BCUT2D eigenvalue weighted by Crippen LogP contribution is 2.37. The third-order valence-electron chi connectivity index (χ3n) is 5.11. The van der Waals surface area contributed by atoms with Gasteiger partial charge in [-0.05, 0) is 26.0 Å². The molecule has 0 unspecified atom stereocenters. The average Bonchev–Trinajstić information content (AvgIpc) is 3.44. The van der Waals surface area contributed by atoms with Crippen LogP contribution in [0.25, 0.3) is 11.1 Å². The second-order valence-electron chi connectivity index (χ2n) is 7.76. The number of oxazole rings is 2. The highest BCUT2D eigenvalue weighted by molar-refractivity contribution is 6.32. The van der Waals surface area contributed by atoms with Crippen molar-refractivity contribution in [2.24, 2.45) is 0 Å². The van der Waals surface area contributed by atoms with Gasteiger partial charge in [0.15, 0.2) is 22.6 Å². The van der Waals surface area contributed by atoms with Crippen molar-refractivity contribution in [1.82, 2.24) is 24.8 Å². The van der Waals surface area contributed by atoms with E-state index in [1.165, 1.54) is 37.2 Å². The number of aliphatic hydroxyl groups is 1. The Bertz CT molecular complexity index is 1300. The van der Waals surface area contributed by atoms with Crippen molar-refractivity contribution < 1.29 is 23.1 Å². The Balaban J connectivity index is 1.61. The Morgan fingerprint density at radius 3 is 2.87 bits per heavy atom. The third-order valence-corrected chi connectivity index (χ3v) is 5.36. The minimum atomic E-state index is -1.42. The van der Waals surface area contributed by atoms with Gasteiger partial charge in [0.2, 0.25) is 17.5 Å². The molecule has 1 aliphatic rings. The zero-order valence-corrected chi connectivity index (χ0v) is 17.3. The van der Waals surface area contributed by atoms with Crippen LogP contribution in [0.1, 0.15) is 53.6 Å². The Labute approximate surface area is 179 Å². The smallest absolute Gasteiger partial charge is 0.293 e. The van der Waals surface area contributed by atoms with E-state index >= 15 is 0 Å². The van der Waals surface area contributed by atoms with E-state index in [-0.39, 0.29) is 34.8 Å². The highest BCUT2D eigenvalue weighted by Gasteiger charge is 2.40. The average molecular weight is 446 g/mol. The first-order valence-electron chi connectivity index (χ1n) is 9.51. The summed E-state index contributed by atoms with van der Waals surface area (Å²) < 4.78 is 25.4. The van der Waals surface area contributed by atoms with Gasteiger partial charge in [-0.2, -0.15) is 4.98 Å². The lowest BCUT2D eigenvalue weighted by Crippen LogP contribution is -2.41. The number of hydrogen-bond acceptors (Lipinski definition) is 7. The molecular formula is C20H17ClFN5O4. The molecule has 2 N–H and O–H groups in total. The molecule has 0 bridgehead atoms. The van der Waals surface area contributed by atoms with Gasteiger partial charge in [0.25, 0.3) is 5.91 Å². The molecule has 0 saturated carbocycles. The number of halogens is 2. The number of H-pyrrole nitrogens is 1. The highest BCUT2D eigenvalue weighted by atomic mass is 35.5. The van der Waals surface area contributed by atoms with Crippen molar-refractivity contribution >= 4 is 28.6 Å². The largest absolute Gasteiger partial charge is 0.435 e. The van der Waals surface area contributed by atoms with Crippen LogP contribution in [0.15, 0.2) is 33.4 Å². The zero-order valence-electron chi connectivity index (χ0n) is 16.5. The van der Waals surface area contributed by atoms with Crippen LogP contribution in [-0.4, -0.2) is 42.4 Å². The van der Waals surface area contributed by atoms with E-state index in [2.05, 4.69) is 19.9 Å². The fourth-order valence-corrected chi connectivity index (χ4v) is 3.82. The van der Waals surface area contributed by atoms with E-state index < -0.39 is 23.4 Å². The molecule has 3 aromatic heterocycles. The van der Waals surface area contributed by atoms with Crippen LogP contribution in [0.4, 0.5) is 4.39 Å². The molecule has 0 saturated heterocycles. The molecule has 1 amide bonds. The number of aromatic amines is 1. The van der Waals surface area contributed by atoms with Crippen LogP contribution < -0.4 is 0 Å². The maximum Gasteiger partial charge on any atom is 0.293 e. The van der Waals surface area contributed by atoms with Crippen LogP contribution in [0.5, 0.6) is 0 Å². The topological polar surface area (TPSA) is 121 Å². The SMILES string of the molecule is CC(C)(O)c1nc(Cl)c(C(=O)N2CCc3[nH]cnc3[C@H]2c2nc3cccc(F)c3o2)o1. The molecule has 4 aromatic rings. The quantitative estimate of drug-likeness (QED) is 0.496. The van der Waals surface area contributed by atoms with Gasteiger partial charge >= 0.3 is 0 Å². The third kappa shape index (κ3) is 3.19. The standard InChI is InChI=1S/C20H17ClFN5O4/c1-20(2,29)19-26-16(21)15(31-19)18(28)27-7-6-10-12(24-8-23-10)13(27)17-25-11-5-3-4-9(22)14(11)30-17/h3-5,8,13,29H,6-7H2,1-2H3,(H,23,24)/t13-/m0/s1. The van der Waals surface area contributed by atoms with Crippen LogP contribution in [0, 0.1) is 5.82 Å². The number of aromatic nitrogens is 4. The Kier molecular flexibility index (Phi) is 4.38. The molecule has 31 heavy (non-hydrogen) atoms. The molecule has 5 rings (SSSR count). The molecule has 9 nitrogen and oxygen atoms in total. The van der Waals surface area contributed by atoms with Crippen molar-refractivity contribution in [2.45, 2.75) is 31.9 Å². The summed E-state index contributed by atoms with van der Waals surface area (Å²) >= 11 is 6.15. The van der Waals surface area contributed by atoms with Crippen LogP contribution >= 0.6 is 11.6 Å². The molecule has 1 aliphatic heterocycles. The molecule has 1 aromatic carbocycles. The van der Waals surface area contributed by atoms with E-state index in [0.717, 1.165) is 5.69 Å². The van der Waals surface area contributed by atoms with Gasteiger partial charge < -0.3 is 23.8 Å². The zero-order chi connectivity index (χ0) is 21.9. The Morgan fingerprint density at radius 1 is 1.35 bits per heavy atom. The minimum Gasteiger partial charge on any atom is -0.435 e. The number of imidazole rings is 1. The first kappa shape index (κ1) is 19.7. The van der Waals surface area contributed by atoms with Crippen molar-refractivity contribution in [3.8, 4) is 0 Å². The summed E-state index contributed by atoms with van der Waals surface area (Å²) in [6, 6.07) is 3.59. The van der Waals surface area contributed by atoms with Crippen molar-refractivity contribution in [1.29, 1.82) is 0 Å². The maximum atomic E-state index is 14.2. The lowest BCUT2D eigenvalue weighted by atomic mass is 10.0. The Hall–Kier alpha value is -3.24. The predicted molar refractivity (Wildman–Crippen MR) is 106 cm³/mol. The monoisotopic (exact) mass is 445 g/mol. The van der Waals surface area contributed by atoms with Gasteiger partial charge in [-0.25, -0.2) is 14.4 Å². The van der Waals surface area contributed by atoms with Crippen LogP contribution in [0.2, 0.25) is 5.15 Å². The summed E-state index contributed by atoms with van der Waals surface area (Å²) in [7, 11) is 0. The number of carbonyl (C=O) groups is 1. The fourth-order valence-electron chi connectivity index (χ4n) is 3.62. The summed E-state index contributed by atoms with van der Waals surface area (Å²) in [6.07, 6.45) is 2.01. The number of nitrogens with one attached hydrogen (secondary N) is 1. The normalized spacial score (nSPS) is 16.7. The molecule has 0 radical (unpaired) electrons. The summed E-state index contributed by atoms with van der Waals surface area (Å²) in [5.74, 6) is -1.32. The fraction of sp³-hybridized carbons (Fsp3) is 0.300. The van der Waals surface area contributed by atoms with Gasteiger partial charge in [-0.15, -0.1) is 0 Å². The number of rotatable bonds is 3. The van der Waals surface area contributed by atoms with E-state index in [1.807, 2.05) is 0 Å². The second-order valence-corrected chi connectivity index (χ2v) is 8.11. The summed E-state index contributed by atoms with van der Waals surface area (Å²) in [4.78, 5) is 30.6. The van der Waals surface area contributed by atoms with Gasteiger partial charge in [-0.3, -0.25) is 4.79 Å². The lowest BCUT2D eigenvalue weighted by Gasteiger charge is -2.32. The van der Waals surface area contributed by atoms with Gasteiger partial charge in [0.1, 0.15) is 11.1 Å². The maximum absolute atomic E-state index is 14.2. The van der Waals surface area contributed by atoms with Gasteiger partial charge in [0.05, 0.1) is 12.0 Å². The summed E-state index contributed by atoms with van der Waals surface area (Å²) in [5.41, 5.74) is 0.251. The van der Waals surface area contributed by atoms with E-state index in [9.17, 15) is 14.3 Å². The molecule has 0 spiro atoms. The van der Waals surface area contributed by atoms with Crippen molar-refractivity contribution in [3.63, 3.8) is 0 Å². The molecule has 11 heteroatoms. The minimum absolute atomic E-state index is 0.00503. The van der Waals surface area contributed by atoms with E-state index in [1.54, 1.807) is 6.07 Å². The molecule has 1 atom stereocenters. The second kappa shape index (κ2) is 6.89. The number of benzene rings is 1. The molecule has 0 aliphatic carbocycles. The Morgan fingerprint density at radius 2 is 2.16 bits per heavy atom. The lowest BCUT2D eigenvalue weighted by molar-refractivity contribution is 0.0436. The first-order valence-corrected chi connectivity index (χ1v) is 9.89. The van der Waals surface area contributed by atoms with Crippen LogP contribution in [0.3, 0.4) is 0 Å². The molecule has 4 heterocycles. The number of nitrogens with zero attached hydrogens (tertiary/aromatic N) is 4. The number of amides is 1. The molecular weight excluding hydrogens is 429 g/mol. The van der Waals surface area contributed by atoms with Gasteiger partial charge in [0, 0.05) is 18.7 Å². The number of hydrogen-bond donors (Lipinski definition) is 2. The van der Waals surface area contributed by atoms with Crippen molar-refractivity contribution in [3.05, 3.63) is 64.4 Å². The summed E-state index contributed by atoms with van der Waals surface area (Å²) in [5, 5.41) is 9.97. The van der Waals surface area contributed by atoms with Gasteiger partial charge in [-0.1, -0.05) is 17.7 Å². The van der Waals surface area contributed by atoms with E-state index in [0.29, 0.717) is 17.6 Å². The van der Waals surface area contributed by atoms with Crippen LogP contribution in [-0.2, 0) is 12.0 Å². The number of carbonyl (C=O) groups excluding carboxylic acids is 1. The van der Waals surface area contributed by atoms with Crippen molar-refractivity contribution in [2.75, 3.05) is 6.54 Å².